The Balaban J connectivity index is 2.32. The highest BCUT2D eigenvalue weighted by atomic mass is 16.3. The zero-order valence-electron chi connectivity index (χ0n) is 9.41. The average molecular weight is 214 g/mol. The first-order valence-electron chi connectivity index (χ1n) is 5.86. The summed E-state index contributed by atoms with van der Waals surface area (Å²) < 4.78 is 0. The van der Waals surface area contributed by atoms with Gasteiger partial charge in [-0.15, -0.1) is 0 Å². The Kier molecular flexibility index (Phi) is 5.05. The largest absolute Gasteiger partial charge is 0.391 e. The fourth-order valence-corrected chi connectivity index (χ4v) is 1.98. The van der Waals surface area contributed by atoms with Gasteiger partial charge in [-0.1, -0.05) is 19.8 Å². The topological polar surface area (TPSA) is 75.3 Å². The lowest BCUT2D eigenvalue weighted by Gasteiger charge is -2.27. The van der Waals surface area contributed by atoms with Gasteiger partial charge >= 0.3 is 0 Å². The van der Waals surface area contributed by atoms with Crippen LogP contribution in [0, 0.1) is 5.92 Å². The number of carbonyl (C=O) groups is 1. The van der Waals surface area contributed by atoms with Gasteiger partial charge in [0.2, 0.25) is 5.91 Å². The Bertz CT molecular complexity index is 209. The predicted octanol–water partition coefficient (Wildman–Crippen LogP) is 0.391. The minimum Gasteiger partial charge on any atom is -0.391 e. The molecule has 0 aromatic carbocycles. The van der Waals surface area contributed by atoms with Crippen LogP contribution in [-0.2, 0) is 4.79 Å². The predicted molar refractivity (Wildman–Crippen MR) is 59.2 cm³/mol. The molecule has 3 unspecified atom stereocenters. The molecule has 0 radical (unpaired) electrons. The average Bonchev–Trinajstić information content (AvgIpc) is 2.26. The quantitative estimate of drug-likeness (QED) is 0.633. The van der Waals surface area contributed by atoms with E-state index in [1.807, 2.05) is 6.92 Å². The molecule has 1 aliphatic rings. The number of rotatable bonds is 4. The van der Waals surface area contributed by atoms with Crippen molar-refractivity contribution >= 4 is 5.91 Å². The maximum absolute atomic E-state index is 11.7. The van der Waals surface area contributed by atoms with E-state index >= 15 is 0 Å². The monoisotopic (exact) mass is 214 g/mol. The highest BCUT2D eigenvalue weighted by Gasteiger charge is 2.28. The van der Waals surface area contributed by atoms with Crippen molar-refractivity contribution in [1.82, 2.24) is 5.32 Å². The summed E-state index contributed by atoms with van der Waals surface area (Å²) in [6.07, 6.45) is 4.26. The van der Waals surface area contributed by atoms with Crippen molar-refractivity contribution in [3.8, 4) is 0 Å². The summed E-state index contributed by atoms with van der Waals surface area (Å²) in [5.74, 6) is -0.0440. The standard InChI is InChI=1S/C11H22N2O2/c1-2-8(14)7-13-11(15)9-5-3-4-6-10(9)12/h8-10,14H,2-7,12H2,1H3,(H,13,15). The van der Waals surface area contributed by atoms with E-state index in [-0.39, 0.29) is 17.9 Å². The first kappa shape index (κ1) is 12.5. The van der Waals surface area contributed by atoms with Gasteiger partial charge in [0.05, 0.1) is 12.0 Å². The van der Waals surface area contributed by atoms with Crippen LogP contribution in [-0.4, -0.2) is 29.7 Å². The SMILES string of the molecule is CCC(O)CNC(=O)C1CCCCC1N. The van der Waals surface area contributed by atoms with Crippen molar-refractivity contribution in [1.29, 1.82) is 0 Å². The van der Waals surface area contributed by atoms with Gasteiger partial charge in [-0.2, -0.15) is 0 Å². The molecule has 0 aromatic heterocycles. The lowest BCUT2D eigenvalue weighted by molar-refractivity contribution is -0.126. The minimum absolute atomic E-state index is 0.00230. The number of nitrogens with two attached hydrogens (primary N) is 1. The van der Waals surface area contributed by atoms with Crippen LogP contribution >= 0.6 is 0 Å². The van der Waals surface area contributed by atoms with Crippen LogP contribution in [0.4, 0.5) is 0 Å². The normalized spacial score (nSPS) is 28.5. The van der Waals surface area contributed by atoms with Crippen LogP contribution in [0.25, 0.3) is 0 Å². The summed E-state index contributed by atoms with van der Waals surface area (Å²) in [7, 11) is 0. The third kappa shape index (κ3) is 3.80. The third-order valence-electron chi connectivity index (χ3n) is 3.14. The molecule has 4 N–H and O–H groups in total. The molecule has 4 heteroatoms. The van der Waals surface area contributed by atoms with Crippen LogP contribution < -0.4 is 11.1 Å². The molecule has 0 saturated heterocycles. The molecule has 0 bridgehead atoms. The first-order valence-corrected chi connectivity index (χ1v) is 5.86. The summed E-state index contributed by atoms with van der Waals surface area (Å²) in [5.41, 5.74) is 5.90. The summed E-state index contributed by atoms with van der Waals surface area (Å²) in [4.78, 5) is 11.7. The second-order valence-corrected chi connectivity index (χ2v) is 4.36. The van der Waals surface area contributed by atoms with E-state index in [0.717, 1.165) is 25.7 Å². The van der Waals surface area contributed by atoms with E-state index in [9.17, 15) is 9.90 Å². The molecule has 15 heavy (non-hydrogen) atoms. The van der Waals surface area contributed by atoms with Gasteiger partial charge < -0.3 is 16.2 Å². The Hall–Kier alpha value is -0.610. The number of amides is 1. The van der Waals surface area contributed by atoms with Crippen LogP contribution in [0.15, 0.2) is 0 Å². The molecule has 88 valence electrons. The number of aliphatic hydroxyl groups is 1. The summed E-state index contributed by atoms with van der Waals surface area (Å²) in [5, 5.41) is 12.1. The molecule has 3 atom stereocenters. The van der Waals surface area contributed by atoms with E-state index in [1.54, 1.807) is 0 Å². The number of hydrogen-bond donors (Lipinski definition) is 3. The third-order valence-corrected chi connectivity index (χ3v) is 3.14. The molecular formula is C11H22N2O2. The van der Waals surface area contributed by atoms with Gasteiger partial charge in [0.15, 0.2) is 0 Å². The molecule has 0 heterocycles. The molecule has 0 aliphatic heterocycles. The molecule has 1 fully saturated rings. The minimum atomic E-state index is -0.436. The number of aliphatic hydroxyl groups excluding tert-OH is 1. The fourth-order valence-electron chi connectivity index (χ4n) is 1.98. The lowest BCUT2D eigenvalue weighted by atomic mass is 9.84. The Morgan fingerprint density at radius 3 is 2.80 bits per heavy atom. The zero-order valence-corrected chi connectivity index (χ0v) is 9.41. The van der Waals surface area contributed by atoms with Crippen molar-refractivity contribution in [3.05, 3.63) is 0 Å². The van der Waals surface area contributed by atoms with Crippen molar-refractivity contribution in [2.45, 2.75) is 51.2 Å². The summed E-state index contributed by atoms with van der Waals surface area (Å²) in [6, 6.07) is -0.00230. The summed E-state index contributed by atoms with van der Waals surface area (Å²) in [6.45, 7) is 2.24. The Morgan fingerprint density at radius 2 is 2.20 bits per heavy atom. The van der Waals surface area contributed by atoms with Crippen molar-refractivity contribution in [2.75, 3.05) is 6.54 Å². The number of hydrogen-bond acceptors (Lipinski definition) is 3. The summed E-state index contributed by atoms with van der Waals surface area (Å²) >= 11 is 0. The molecule has 1 rings (SSSR count). The van der Waals surface area contributed by atoms with Crippen molar-refractivity contribution < 1.29 is 9.90 Å². The molecule has 0 aromatic rings. The molecule has 1 aliphatic carbocycles. The van der Waals surface area contributed by atoms with E-state index in [0.29, 0.717) is 13.0 Å². The van der Waals surface area contributed by atoms with E-state index < -0.39 is 6.10 Å². The second-order valence-electron chi connectivity index (χ2n) is 4.36. The van der Waals surface area contributed by atoms with Crippen LogP contribution in [0.3, 0.4) is 0 Å². The molecular weight excluding hydrogens is 192 g/mol. The molecule has 0 spiro atoms. The van der Waals surface area contributed by atoms with Crippen molar-refractivity contribution in [3.63, 3.8) is 0 Å². The van der Waals surface area contributed by atoms with E-state index in [2.05, 4.69) is 5.32 Å². The van der Waals surface area contributed by atoms with E-state index in [4.69, 9.17) is 5.73 Å². The molecule has 1 saturated carbocycles. The van der Waals surface area contributed by atoms with Crippen LogP contribution in [0.1, 0.15) is 39.0 Å². The van der Waals surface area contributed by atoms with Crippen LogP contribution in [0.2, 0.25) is 0 Å². The highest BCUT2D eigenvalue weighted by Crippen LogP contribution is 2.22. The van der Waals surface area contributed by atoms with Gasteiger partial charge in [-0.25, -0.2) is 0 Å². The fraction of sp³-hybridized carbons (Fsp3) is 0.909. The molecule has 1 amide bonds. The zero-order chi connectivity index (χ0) is 11.3. The van der Waals surface area contributed by atoms with Crippen LogP contribution in [0.5, 0.6) is 0 Å². The van der Waals surface area contributed by atoms with Gasteiger partial charge in [-0.05, 0) is 19.3 Å². The van der Waals surface area contributed by atoms with Gasteiger partial charge in [0, 0.05) is 12.6 Å². The Labute approximate surface area is 91.2 Å². The van der Waals surface area contributed by atoms with Crippen molar-refractivity contribution in [2.24, 2.45) is 11.7 Å². The second kappa shape index (κ2) is 6.08. The Morgan fingerprint density at radius 1 is 1.53 bits per heavy atom. The maximum atomic E-state index is 11.7. The van der Waals surface area contributed by atoms with Gasteiger partial charge in [-0.3, -0.25) is 4.79 Å². The van der Waals surface area contributed by atoms with E-state index in [1.165, 1.54) is 0 Å². The lowest BCUT2D eigenvalue weighted by Crippen LogP contribution is -2.45. The smallest absolute Gasteiger partial charge is 0.224 e. The number of nitrogens with one attached hydrogen (secondary N) is 1. The maximum Gasteiger partial charge on any atom is 0.224 e. The highest BCUT2D eigenvalue weighted by molar-refractivity contribution is 5.79. The van der Waals surface area contributed by atoms with Gasteiger partial charge in [0.1, 0.15) is 0 Å². The number of carbonyl (C=O) groups excluding carboxylic acids is 1. The van der Waals surface area contributed by atoms with Gasteiger partial charge in [0.25, 0.3) is 0 Å². The molecule has 4 nitrogen and oxygen atoms in total. The first-order chi connectivity index (χ1) is 7.15.